The molecule has 0 saturated heterocycles. The Morgan fingerprint density at radius 2 is 2.24 bits per heavy atom. The lowest BCUT2D eigenvalue weighted by Crippen LogP contribution is -2.15. The Bertz CT molecular complexity index is 530. The predicted molar refractivity (Wildman–Crippen MR) is 72.6 cm³/mol. The van der Waals surface area contributed by atoms with Crippen LogP contribution in [0.4, 0.5) is 0 Å². The first kappa shape index (κ1) is 12.6. The van der Waals surface area contributed by atoms with Crippen molar-refractivity contribution in [1.82, 2.24) is 9.78 Å². The molecule has 92 valence electrons. The first-order valence-corrected chi connectivity index (χ1v) is 6.74. The molecule has 0 fully saturated rings. The second-order valence-corrected chi connectivity index (χ2v) is 5.57. The Hall–Kier alpha value is -0.840. The Morgan fingerprint density at radius 3 is 2.71 bits per heavy atom. The molecule has 2 rings (SSSR count). The molecule has 17 heavy (non-hydrogen) atoms. The molecule has 0 saturated carbocycles. The second-order valence-electron chi connectivity index (χ2n) is 4.25. The van der Waals surface area contributed by atoms with E-state index >= 15 is 0 Å². The fourth-order valence-corrected chi connectivity index (χ4v) is 3.14. The molecule has 1 atom stereocenters. The highest BCUT2D eigenvalue weighted by molar-refractivity contribution is 7.10. The average Bonchev–Trinajstić information content (AvgIpc) is 2.78. The van der Waals surface area contributed by atoms with Gasteiger partial charge in [-0.15, -0.1) is 11.3 Å². The zero-order valence-electron chi connectivity index (χ0n) is 10.2. The molecule has 0 aliphatic rings. The summed E-state index contributed by atoms with van der Waals surface area (Å²) in [7, 11) is 1.90. The molecule has 2 N–H and O–H groups in total. The van der Waals surface area contributed by atoms with Gasteiger partial charge in [-0.1, -0.05) is 11.6 Å². The number of halogens is 1. The molecule has 2 aromatic rings. The van der Waals surface area contributed by atoms with Gasteiger partial charge in [-0.2, -0.15) is 5.10 Å². The molecule has 2 heterocycles. The molecule has 0 aromatic carbocycles. The Kier molecular flexibility index (Phi) is 3.56. The van der Waals surface area contributed by atoms with Crippen LogP contribution in [0, 0.1) is 13.8 Å². The normalized spacial score (nSPS) is 13.0. The van der Waals surface area contributed by atoms with Crippen molar-refractivity contribution in [3.8, 4) is 0 Å². The van der Waals surface area contributed by atoms with E-state index < -0.39 is 0 Å². The number of rotatable bonds is 3. The van der Waals surface area contributed by atoms with Gasteiger partial charge < -0.3 is 5.73 Å². The van der Waals surface area contributed by atoms with Crippen LogP contribution in [0.3, 0.4) is 0 Å². The van der Waals surface area contributed by atoms with E-state index in [1.807, 2.05) is 18.7 Å². The minimum Gasteiger partial charge on any atom is -0.323 e. The largest absolute Gasteiger partial charge is 0.323 e. The van der Waals surface area contributed by atoms with Crippen molar-refractivity contribution in [2.75, 3.05) is 0 Å². The lowest BCUT2D eigenvalue weighted by atomic mass is 10.1. The Morgan fingerprint density at radius 1 is 1.53 bits per heavy atom. The summed E-state index contributed by atoms with van der Waals surface area (Å²) in [6.45, 7) is 4.00. The van der Waals surface area contributed by atoms with Gasteiger partial charge in [0.1, 0.15) is 0 Å². The van der Waals surface area contributed by atoms with Gasteiger partial charge in [-0.05, 0) is 30.9 Å². The van der Waals surface area contributed by atoms with Crippen molar-refractivity contribution in [3.05, 3.63) is 38.3 Å². The third-order valence-electron chi connectivity index (χ3n) is 2.91. The first-order chi connectivity index (χ1) is 8.00. The molecule has 0 bridgehead atoms. The zero-order valence-corrected chi connectivity index (χ0v) is 11.8. The third-order valence-corrected chi connectivity index (χ3v) is 4.56. The SMILES string of the molecule is Cc1ccsc1C(N)Cc1c(Cl)c(C)nn1C. The summed E-state index contributed by atoms with van der Waals surface area (Å²) in [5, 5.41) is 7.10. The van der Waals surface area contributed by atoms with Gasteiger partial charge >= 0.3 is 0 Å². The fourth-order valence-electron chi connectivity index (χ4n) is 1.97. The molecule has 1 unspecified atom stereocenters. The molecule has 0 aliphatic heterocycles. The Balaban J connectivity index is 2.24. The van der Waals surface area contributed by atoms with E-state index in [1.165, 1.54) is 10.4 Å². The predicted octanol–water partition coefficient (Wildman–Crippen LogP) is 2.99. The number of aromatic nitrogens is 2. The van der Waals surface area contributed by atoms with E-state index in [2.05, 4.69) is 23.5 Å². The number of nitrogens with two attached hydrogens (primary N) is 1. The number of nitrogens with zero attached hydrogens (tertiary/aromatic N) is 2. The molecule has 0 spiro atoms. The summed E-state index contributed by atoms with van der Waals surface area (Å²) in [5.41, 5.74) is 9.34. The number of aryl methyl sites for hydroxylation is 3. The lowest BCUT2D eigenvalue weighted by molar-refractivity contribution is 0.644. The van der Waals surface area contributed by atoms with Crippen molar-refractivity contribution < 1.29 is 0 Å². The van der Waals surface area contributed by atoms with Crippen LogP contribution in [0.1, 0.15) is 27.9 Å². The van der Waals surface area contributed by atoms with Crippen molar-refractivity contribution in [2.24, 2.45) is 12.8 Å². The van der Waals surface area contributed by atoms with Gasteiger partial charge in [0.15, 0.2) is 0 Å². The summed E-state index contributed by atoms with van der Waals surface area (Å²) in [5.74, 6) is 0. The van der Waals surface area contributed by atoms with Crippen molar-refractivity contribution in [1.29, 1.82) is 0 Å². The van der Waals surface area contributed by atoms with Gasteiger partial charge in [0, 0.05) is 24.4 Å². The maximum absolute atomic E-state index is 6.23. The monoisotopic (exact) mass is 269 g/mol. The van der Waals surface area contributed by atoms with E-state index in [0.29, 0.717) is 0 Å². The molecule has 0 aliphatic carbocycles. The van der Waals surface area contributed by atoms with Crippen LogP contribution in [0.25, 0.3) is 0 Å². The molecular weight excluding hydrogens is 254 g/mol. The summed E-state index contributed by atoms with van der Waals surface area (Å²) in [6.07, 6.45) is 0.720. The van der Waals surface area contributed by atoms with E-state index in [0.717, 1.165) is 22.8 Å². The summed E-state index contributed by atoms with van der Waals surface area (Å²) in [6, 6.07) is 2.08. The first-order valence-electron chi connectivity index (χ1n) is 5.48. The van der Waals surface area contributed by atoms with Crippen molar-refractivity contribution in [2.45, 2.75) is 26.3 Å². The summed E-state index contributed by atoms with van der Waals surface area (Å²) >= 11 is 7.92. The van der Waals surface area contributed by atoms with E-state index in [-0.39, 0.29) is 6.04 Å². The highest BCUT2D eigenvalue weighted by atomic mass is 35.5. The van der Waals surface area contributed by atoms with E-state index in [1.54, 1.807) is 11.3 Å². The molecular formula is C12H16ClN3S. The van der Waals surface area contributed by atoms with Crippen LogP contribution < -0.4 is 5.73 Å². The van der Waals surface area contributed by atoms with Crippen molar-refractivity contribution in [3.63, 3.8) is 0 Å². The minimum atomic E-state index is -0.0118. The summed E-state index contributed by atoms with van der Waals surface area (Å²) < 4.78 is 1.82. The maximum atomic E-state index is 6.23. The topological polar surface area (TPSA) is 43.8 Å². The number of thiophene rings is 1. The average molecular weight is 270 g/mol. The Labute approximate surface area is 110 Å². The quantitative estimate of drug-likeness (QED) is 0.931. The highest BCUT2D eigenvalue weighted by Crippen LogP contribution is 2.28. The van der Waals surface area contributed by atoms with Gasteiger partial charge in [-0.25, -0.2) is 0 Å². The molecule has 0 radical (unpaired) electrons. The smallest absolute Gasteiger partial charge is 0.0847 e. The van der Waals surface area contributed by atoms with E-state index in [4.69, 9.17) is 17.3 Å². The summed E-state index contributed by atoms with van der Waals surface area (Å²) in [4.78, 5) is 1.22. The fraction of sp³-hybridized carbons (Fsp3) is 0.417. The van der Waals surface area contributed by atoms with Gasteiger partial charge in [0.05, 0.1) is 16.4 Å². The molecule has 5 heteroatoms. The van der Waals surface area contributed by atoms with Gasteiger partial charge in [-0.3, -0.25) is 4.68 Å². The number of hydrogen-bond acceptors (Lipinski definition) is 3. The maximum Gasteiger partial charge on any atom is 0.0847 e. The molecule has 0 amide bonds. The lowest BCUT2D eigenvalue weighted by Gasteiger charge is -2.11. The van der Waals surface area contributed by atoms with Crippen LogP contribution in [0.15, 0.2) is 11.4 Å². The van der Waals surface area contributed by atoms with Gasteiger partial charge in [0.2, 0.25) is 0 Å². The highest BCUT2D eigenvalue weighted by Gasteiger charge is 2.17. The van der Waals surface area contributed by atoms with Crippen LogP contribution in [0.5, 0.6) is 0 Å². The molecule has 2 aromatic heterocycles. The third kappa shape index (κ3) is 2.39. The van der Waals surface area contributed by atoms with E-state index in [9.17, 15) is 0 Å². The number of hydrogen-bond donors (Lipinski definition) is 1. The molecule has 3 nitrogen and oxygen atoms in total. The van der Waals surface area contributed by atoms with Crippen LogP contribution in [0.2, 0.25) is 5.02 Å². The van der Waals surface area contributed by atoms with Crippen molar-refractivity contribution >= 4 is 22.9 Å². The van der Waals surface area contributed by atoms with Crippen LogP contribution >= 0.6 is 22.9 Å². The second kappa shape index (κ2) is 4.80. The van der Waals surface area contributed by atoms with Gasteiger partial charge in [0.25, 0.3) is 0 Å². The minimum absolute atomic E-state index is 0.0118. The zero-order chi connectivity index (χ0) is 12.6. The standard InChI is InChI=1S/C12H16ClN3S/c1-7-4-5-17-12(7)9(14)6-10-11(13)8(2)15-16(10)3/h4-5,9H,6,14H2,1-3H3. The van der Waals surface area contributed by atoms with Crippen LogP contribution in [-0.2, 0) is 13.5 Å². The van der Waals surface area contributed by atoms with Crippen LogP contribution in [-0.4, -0.2) is 9.78 Å².